The van der Waals surface area contributed by atoms with E-state index < -0.39 is 255 Å². The number of fused-ring (bicyclic) bond motifs is 7. The highest BCUT2D eigenvalue weighted by molar-refractivity contribution is 5.79. The van der Waals surface area contributed by atoms with E-state index in [1.54, 1.807) is 0 Å². The molecule has 32 nitrogen and oxygen atoms in total. The van der Waals surface area contributed by atoms with Gasteiger partial charge in [0, 0.05) is 5.41 Å². The minimum absolute atomic E-state index is 0.0394. The molecule has 0 aromatic rings. The zero-order valence-electron chi connectivity index (χ0n) is 56.7. The third-order valence-electron chi connectivity index (χ3n) is 25.6. The molecule has 0 radical (unpaired) electrons. The standard InChI is InChI=1S/C66H106O32/c1-24-34(70)38(74)44(80)54(87-24)93-48-26(3)89-56(46(82)43(48)79)96-51-40(76)36(72)29(21-67)91-58(51)98-60(86)66-18-16-61(4,5)20-28(66)27-10-11-32-62(6)14-13-33(63(7,23-69)31(62)12-15-65(32,9)64(27,8)17-19-66)92-59-52(42(78)41(77)50(95-59)53(84)85)97-57-47(83)49(37(73)30(22-68)90-57)94-55-45(81)39(75)35(71)25(2)88-55/h10,24-26,28-52,54-59,67-83H,11-23H2,1-9H3,(H,84,85)/t24-,25-,26-,28-,29+,30+,31?,32?,33-,34-,35-,36+,37+,38+,39+,40-,41-,42-,43-,44+,45+,46+,47+,48-,49-,50-,51+,52+,54-,55-,56-,57-,58-,59+,62-,63+,64+,65+,66-/m0/s1. The summed E-state index contributed by atoms with van der Waals surface area (Å²) in [6.45, 7) is 15.0. The molecule has 39 atom stereocenters. The molecule has 0 spiro atoms. The van der Waals surface area contributed by atoms with E-state index in [0.29, 0.717) is 57.8 Å². The molecule has 98 heavy (non-hydrogen) atoms. The van der Waals surface area contributed by atoms with Crippen LogP contribution < -0.4 is 0 Å². The normalized spacial score (nSPS) is 55.0. The highest BCUT2D eigenvalue weighted by Gasteiger charge is 2.71. The van der Waals surface area contributed by atoms with Crippen LogP contribution in [-0.4, -0.2) is 314 Å². The van der Waals surface area contributed by atoms with Crippen molar-refractivity contribution < 1.29 is 158 Å². The predicted molar refractivity (Wildman–Crippen MR) is 326 cm³/mol. The molecule has 4 saturated carbocycles. The molecule has 11 rings (SSSR count). The summed E-state index contributed by atoms with van der Waals surface area (Å²) in [6, 6.07) is 0. The Labute approximate surface area is 567 Å². The number of aliphatic hydroxyl groups excluding tert-OH is 17. The molecular weight excluding hydrogens is 1300 g/mol. The van der Waals surface area contributed by atoms with Crippen LogP contribution in [-0.2, 0) is 66.4 Å². The van der Waals surface area contributed by atoms with Crippen molar-refractivity contribution in [3.63, 3.8) is 0 Å². The summed E-state index contributed by atoms with van der Waals surface area (Å²) in [4.78, 5) is 28.3. The summed E-state index contributed by atoms with van der Waals surface area (Å²) in [5.41, 5.74) is -2.95. The molecule has 18 N–H and O–H groups in total. The molecule has 6 saturated heterocycles. The fourth-order valence-electron chi connectivity index (χ4n) is 19.3. The smallest absolute Gasteiger partial charge is 0.335 e. The largest absolute Gasteiger partial charge is 0.479 e. The van der Waals surface area contributed by atoms with Crippen molar-refractivity contribution in [3.05, 3.63) is 11.6 Å². The lowest BCUT2D eigenvalue weighted by Crippen LogP contribution is -2.68. The van der Waals surface area contributed by atoms with Gasteiger partial charge in [-0.25, -0.2) is 4.79 Å². The number of carboxylic acid groups (broad SMARTS) is 1. The number of hydrogen-bond donors (Lipinski definition) is 18. The van der Waals surface area contributed by atoms with Gasteiger partial charge < -0.3 is 149 Å². The number of rotatable bonds is 16. The van der Waals surface area contributed by atoms with Crippen LogP contribution in [0.4, 0.5) is 0 Å². The fourth-order valence-corrected chi connectivity index (χ4v) is 19.3. The van der Waals surface area contributed by atoms with Crippen LogP contribution in [0.2, 0.25) is 0 Å². The van der Waals surface area contributed by atoms with E-state index in [1.165, 1.54) is 20.8 Å². The molecule has 10 fully saturated rings. The maximum Gasteiger partial charge on any atom is 0.335 e. The topological polar surface area (TPSA) is 509 Å². The molecule has 11 aliphatic rings. The van der Waals surface area contributed by atoms with Crippen LogP contribution in [0.1, 0.15) is 127 Å². The minimum Gasteiger partial charge on any atom is -0.479 e. The highest BCUT2D eigenvalue weighted by Crippen LogP contribution is 2.76. The average molecular weight is 1410 g/mol. The Hall–Kier alpha value is -2.44. The van der Waals surface area contributed by atoms with Crippen molar-refractivity contribution in [1.29, 1.82) is 0 Å². The SMILES string of the molecule is C[C@@H]1O[C@@H](O[C@@H]2[C@@H](O)[C@H](O[C@H]3[C@H](O[C@H]4CC[C@@]5(C)C(CC[C@]6(C)C5CC=C5[C@@H]7CC(C)(C)CC[C@]7(C(=O)O[C@@H]7O[C@H](CO)[C@@H](O)[C@H](O)[C@H]7O[C@@H]7O[C@@H](C)[C@H](O[C@@H]8O[C@@H](C)[C@H](O)[C@@H](O)[C@H]8O)[C@@H](O)[C@H]7O)CC[C@]56C)[C@@]4(C)CO)O[C@H](C(=O)O)[C@@H](O)[C@@H]3O)O[C@H](CO)[C@H]2O)[C@H](O)[C@H](O)[C@H]1O. The number of carbonyl (C=O) groups is 2. The third-order valence-corrected chi connectivity index (χ3v) is 25.6. The van der Waals surface area contributed by atoms with Crippen molar-refractivity contribution >= 4 is 11.9 Å². The number of esters is 1. The van der Waals surface area contributed by atoms with E-state index >= 15 is 4.79 Å². The van der Waals surface area contributed by atoms with Gasteiger partial charge in [-0.3, -0.25) is 4.79 Å². The van der Waals surface area contributed by atoms with Gasteiger partial charge >= 0.3 is 11.9 Å². The lowest BCUT2D eigenvalue weighted by Gasteiger charge is -2.71. The number of carboxylic acids is 1. The summed E-state index contributed by atoms with van der Waals surface area (Å²) in [6.07, 6.45) is -45.5. The van der Waals surface area contributed by atoms with Crippen molar-refractivity contribution in [2.24, 2.45) is 50.2 Å². The van der Waals surface area contributed by atoms with Gasteiger partial charge in [0.05, 0.1) is 49.7 Å². The number of aliphatic hydroxyl groups is 17. The second-order valence-corrected chi connectivity index (χ2v) is 31.7. The van der Waals surface area contributed by atoms with Crippen LogP contribution in [0.25, 0.3) is 0 Å². The van der Waals surface area contributed by atoms with E-state index in [-0.39, 0.29) is 23.7 Å². The molecular formula is C66H106O32. The quantitative estimate of drug-likeness (QED) is 0.0395. The molecule has 6 aliphatic heterocycles. The van der Waals surface area contributed by atoms with E-state index in [1.807, 2.05) is 6.92 Å². The summed E-state index contributed by atoms with van der Waals surface area (Å²) in [5, 5.41) is 198. The van der Waals surface area contributed by atoms with Crippen LogP contribution in [0.3, 0.4) is 0 Å². The van der Waals surface area contributed by atoms with Gasteiger partial charge in [0.15, 0.2) is 43.7 Å². The molecule has 0 aromatic carbocycles. The van der Waals surface area contributed by atoms with Gasteiger partial charge in [0.25, 0.3) is 0 Å². The van der Waals surface area contributed by atoms with Gasteiger partial charge in [-0.2, -0.15) is 0 Å². The Bertz CT molecular complexity index is 2820. The first-order valence-corrected chi connectivity index (χ1v) is 34.6. The summed E-state index contributed by atoms with van der Waals surface area (Å²) in [7, 11) is 0. The van der Waals surface area contributed by atoms with Crippen molar-refractivity contribution in [1.82, 2.24) is 0 Å². The van der Waals surface area contributed by atoms with Crippen LogP contribution in [0.5, 0.6) is 0 Å². The monoisotopic (exact) mass is 1410 g/mol. The Morgan fingerprint density at radius 3 is 1.55 bits per heavy atom. The molecule has 0 aromatic heterocycles. The summed E-state index contributed by atoms with van der Waals surface area (Å²) in [5.74, 6) is -3.06. The molecule has 6 heterocycles. The lowest BCUT2D eigenvalue weighted by molar-refractivity contribution is -0.389. The van der Waals surface area contributed by atoms with Crippen molar-refractivity contribution in [2.45, 2.75) is 317 Å². The number of allylic oxidation sites excluding steroid dienone is 2. The first-order chi connectivity index (χ1) is 45.9. The number of hydrogen-bond acceptors (Lipinski definition) is 31. The van der Waals surface area contributed by atoms with E-state index in [0.717, 1.165) is 5.57 Å². The average Bonchev–Trinajstić information content (AvgIpc) is 0.677. The van der Waals surface area contributed by atoms with Crippen LogP contribution in [0.15, 0.2) is 11.6 Å². The molecule has 2 unspecified atom stereocenters. The molecule has 562 valence electrons. The van der Waals surface area contributed by atoms with Gasteiger partial charge in [-0.1, -0.05) is 53.2 Å². The second-order valence-electron chi connectivity index (χ2n) is 31.7. The van der Waals surface area contributed by atoms with E-state index in [4.69, 9.17) is 56.8 Å². The number of carbonyl (C=O) groups excluding carboxylic acids is 1. The van der Waals surface area contributed by atoms with Gasteiger partial charge in [0.1, 0.15) is 116 Å². The molecule has 5 aliphatic carbocycles. The van der Waals surface area contributed by atoms with Gasteiger partial charge in [-0.05, 0) is 124 Å². The van der Waals surface area contributed by atoms with E-state index in [2.05, 4.69) is 40.7 Å². The highest BCUT2D eigenvalue weighted by atomic mass is 16.8. The van der Waals surface area contributed by atoms with Crippen LogP contribution in [0, 0.1) is 50.2 Å². The minimum atomic E-state index is -2.15. The van der Waals surface area contributed by atoms with E-state index in [9.17, 15) is 96.7 Å². The zero-order chi connectivity index (χ0) is 71.7. The number of aliphatic carboxylic acids is 1. The molecule has 32 heteroatoms. The predicted octanol–water partition coefficient (Wildman–Crippen LogP) is -4.24. The summed E-state index contributed by atoms with van der Waals surface area (Å²) >= 11 is 0. The first kappa shape index (κ1) is 76.7. The Balaban J connectivity index is 0.822. The Kier molecular flexibility index (Phi) is 22.3. The zero-order valence-corrected chi connectivity index (χ0v) is 56.7. The van der Waals surface area contributed by atoms with Crippen molar-refractivity contribution in [3.8, 4) is 0 Å². The second kappa shape index (κ2) is 28.5. The Morgan fingerprint density at radius 1 is 0.469 bits per heavy atom. The maximum atomic E-state index is 15.6. The molecule has 0 bridgehead atoms. The van der Waals surface area contributed by atoms with Crippen molar-refractivity contribution in [2.75, 3.05) is 19.8 Å². The molecule has 0 amide bonds. The lowest BCUT2D eigenvalue weighted by atomic mass is 9.33. The van der Waals surface area contributed by atoms with Crippen LogP contribution >= 0.6 is 0 Å². The van der Waals surface area contributed by atoms with Gasteiger partial charge in [0.2, 0.25) is 6.29 Å². The number of ether oxygens (including phenoxy) is 12. The maximum absolute atomic E-state index is 15.6. The van der Waals surface area contributed by atoms with Gasteiger partial charge in [-0.15, -0.1) is 0 Å². The fraction of sp³-hybridized carbons (Fsp3) is 0.939. The first-order valence-electron chi connectivity index (χ1n) is 34.6. The summed E-state index contributed by atoms with van der Waals surface area (Å²) < 4.78 is 72.0. The third kappa shape index (κ3) is 12.9. The Morgan fingerprint density at radius 2 is 0.969 bits per heavy atom.